The second-order valence-corrected chi connectivity index (χ2v) is 4.22. The average molecular weight is 288 g/mol. The molecule has 2 rings (SSSR count). The van der Waals surface area contributed by atoms with E-state index in [4.69, 9.17) is 22.0 Å². The summed E-state index contributed by atoms with van der Waals surface area (Å²) in [5.74, 6) is -0.859. The van der Waals surface area contributed by atoms with E-state index in [-0.39, 0.29) is 16.9 Å². The van der Waals surface area contributed by atoms with Crippen molar-refractivity contribution in [3.8, 4) is 0 Å². The summed E-state index contributed by atoms with van der Waals surface area (Å²) in [5, 5.41) is 22.2. The second kappa shape index (κ2) is 7.28. The van der Waals surface area contributed by atoms with Crippen molar-refractivity contribution >= 4 is 24.3 Å². The van der Waals surface area contributed by atoms with Crippen molar-refractivity contribution in [2.75, 3.05) is 0 Å². The third kappa shape index (κ3) is 3.31. The fraction of sp³-hybridized carbons (Fsp3) is 0.357. The molecule has 0 aromatic carbocycles. The number of amidine groups is 1. The van der Waals surface area contributed by atoms with Gasteiger partial charge in [-0.2, -0.15) is 4.99 Å². The van der Waals surface area contributed by atoms with E-state index >= 15 is 0 Å². The van der Waals surface area contributed by atoms with E-state index in [2.05, 4.69) is 4.99 Å². The third-order valence-electron chi connectivity index (χ3n) is 3.07. The van der Waals surface area contributed by atoms with Crippen LogP contribution in [0.1, 0.15) is 41.9 Å². The molecule has 0 bridgehead atoms. The number of pyridine rings is 1. The van der Waals surface area contributed by atoms with E-state index < -0.39 is 5.91 Å². The Kier molecular flexibility index (Phi) is 5.71. The Hall–Kier alpha value is -2.57. The maximum absolute atomic E-state index is 11.9. The van der Waals surface area contributed by atoms with Crippen LogP contribution in [0.2, 0.25) is 0 Å². The summed E-state index contributed by atoms with van der Waals surface area (Å²) in [5.41, 5.74) is 7.22. The van der Waals surface area contributed by atoms with Gasteiger partial charge in [-0.05, 0) is 30.9 Å². The predicted octanol–water partition coefficient (Wildman–Crippen LogP) is 1.08. The smallest absolute Gasteiger partial charge is 0.282 e. The first-order chi connectivity index (χ1) is 10.1. The van der Waals surface area contributed by atoms with Crippen LogP contribution >= 0.6 is 0 Å². The fourth-order valence-electron chi connectivity index (χ4n) is 2.20. The van der Waals surface area contributed by atoms with Gasteiger partial charge in [0.1, 0.15) is 11.3 Å². The number of aromatic nitrogens is 1. The predicted molar refractivity (Wildman–Crippen MR) is 82.6 cm³/mol. The number of aliphatic imine (C=N–C) groups is 1. The zero-order chi connectivity index (χ0) is 16.0. The Morgan fingerprint density at radius 3 is 2.62 bits per heavy atom. The Morgan fingerprint density at radius 2 is 2.05 bits per heavy atom. The minimum absolute atomic E-state index is 0.0674. The summed E-state index contributed by atoms with van der Waals surface area (Å²) in [6.07, 6.45) is 4.39. The molecule has 0 saturated heterocycles. The minimum atomic E-state index is -0.656. The number of carbonyl (C=O) groups excluding carboxylic acids is 1. The molecule has 1 aromatic heterocycles. The Morgan fingerprint density at radius 1 is 1.38 bits per heavy atom. The van der Waals surface area contributed by atoms with Crippen LogP contribution < -0.4 is 11.2 Å². The van der Waals surface area contributed by atoms with Gasteiger partial charge in [-0.15, -0.1) is 0 Å². The second-order valence-electron chi connectivity index (χ2n) is 4.22. The summed E-state index contributed by atoms with van der Waals surface area (Å²) in [6, 6.07) is 1.65. The molecule has 5 N–H and O–H groups in total. The number of nitrogens with one attached hydrogen (secondary N) is 3. The highest BCUT2D eigenvalue weighted by atomic mass is 16.1. The first kappa shape index (κ1) is 16.5. The molecule has 1 aromatic rings. The lowest BCUT2D eigenvalue weighted by molar-refractivity contribution is 0.100. The molecule has 1 amide bonds. The summed E-state index contributed by atoms with van der Waals surface area (Å²) < 4.78 is 1.39. The maximum atomic E-state index is 11.9. The zero-order valence-electron chi connectivity index (χ0n) is 12.2. The van der Waals surface area contributed by atoms with Gasteiger partial charge in [-0.3, -0.25) is 20.2 Å². The van der Waals surface area contributed by atoms with Crippen LogP contribution in [0, 0.1) is 16.2 Å². The Balaban J connectivity index is 0.00000106. The number of hydrogen-bond acceptors (Lipinski definition) is 4. The lowest BCUT2D eigenvalue weighted by Crippen LogP contribution is -2.29. The number of amides is 1. The average Bonchev–Trinajstić information content (AvgIpc) is 2.96. The van der Waals surface area contributed by atoms with Crippen LogP contribution in [0.15, 0.2) is 11.1 Å². The van der Waals surface area contributed by atoms with Gasteiger partial charge in [0.05, 0.1) is 18.1 Å². The molecule has 112 valence electrons. The molecule has 21 heavy (non-hydrogen) atoms. The molecule has 1 aliphatic carbocycles. The molecule has 0 radical (unpaired) electrons. The van der Waals surface area contributed by atoms with Gasteiger partial charge < -0.3 is 11.1 Å². The topological polar surface area (TPSA) is 132 Å². The van der Waals surface area contributed by atoms with Gasteiger partial charge in [-0.25, -0.2) is 0 Å². The first-order valence-electron chi connectivity index (χ1n) is 6.80. The SMILES string of the molecule is CC.N=CC(N)=NC(=O)c1cc2c(n(C=N)c1=N)CCC2. The molecule has 1 heterocycles. The first-order valence-corrected chi connectivity index (χ1v) is 6.80. The number of nitrogens with two attached hydrogens (primary N) is 1. The number of nitrogens with zero attached hydrogens (tertiary/aromatic N) is 2. The monoisotopic (exact) mass is 288 g/mol. The molecule has 1 aliphatic rings. The maximum Gasteiger partial charge on any atom is 0.282 e. The van der Waals surface area contributed by atoms with Crippen LogP contribution in [-0.2, 0) is 12.8 Å². The molecular weight excluding hydrogens is 268 g/mol. The molecule has 7 nitrogen and oxygen atoms in total. The van der Waals surface area contributed by atoms with Gasteiger partial charge in [0.15, 0.2) is 0 Å². The minimum Gasteiger partial charge on any atom is -0.382 e. The molecule has 7 heteroatoms. The zero-order valence-corrected chi connectivity index (χ0v) is 12.2. The highest BCUT2D eigenvalue weighted by molar-refractivity contribution is 6.30. The molecule has 0 atom stereocenters. The van der Waals surface area contributed by atoms with Crippen LogP contribution in [0.25, 0.3) is 0 Å². The Bertz CT molecular complexity index is 656. The third-order valence-corrected chi connectivity index (χ3v) is 3.07. The molecule has 0 saturated carbocycles. The van der Waals surface area contributed by atoms with Crippen molar-refractivity contribution in [2.24, 2.45) is 10.7 Å². The van der Waals surface area contributed by atoms with Crippen LogP contribution in [0.5, 0.6) is 0 Å². The molecule has 0 spiro atoms. The van der Waals surface area contributed by atoms with E-state index in [1.54, 1.807) is 6.07 Å². The number of carbonyl (C=O) groups is 1. The van der Waals surface area contributed by atoms with Crippen LogP contribution in [-0.4, -0.2) is 28.9 Å². The highest BCUT2D eigenvalue weighted by Gasteiger charge is 2.19. The molecule has 0 unspecified atom stereocenters. The van der Waals surface area contributed by atoms with Gasteiger partial charge in [0, 0.05) is 5.69 Å². The summed E-state index contributed by atoms with van der Waals surface area (Å²) in [6.45, 7) is 4.00. The quantitative estimate of drug-likeness (QED) is 0.489. The van der Waals surface area contributed by atoms with Gasteiger partial charge in [-0.1, -0.05) is 13.8 Å². The van der Waals surface area contributed by atoms with Crippen molar-refractivity contribution in [1.29, 1.82) is 16.2 Å². The van der Waals surface area contributed by atoms with E-state index in [1.165, 1.54) is 4.57 Å². The highest BCUT2D eigenvalue weighted by Crippen LogP contribution is 2.20. The molecule has 0 aliphatic heterocycles. The van der Waals surface area contributed by atoms with Crippen molar-refractivity contribution in [1.82, 2.24) is 4.57 Å². The molecular formula is C14H20N6O. The van der Waals surface area contributed by atoms with Crippen molar-refractivity contribution in [3.63, 3.8) is 0 Å². The molecule has 0 fully saturated rings. The van der Waals surface area contributed by atoms with Gasteiger partial charge in [0.25, 0.3) is 5.91 Å². The van der Waals surface area contributed by atoms with Gasteiger partial charge >= 0.3 is 0 Å². The number of aryl methyl sites for hydroxylation is 1. The largest absolute Gasteiger partial charge is 0.382 e. The lowest BCUT2D eigenvalue weighted by Gasteiger charge is -2.10. The number of hydrogen-bond donors (Lipinski definition) is 4. The standard InChI is InChI=1S/C12H14N6O.C2H6/c13-5-10(15)17-12(19)8-4-7-2-1-3-9(7)18(6-14)11(8)16;1-2/h4-6,13-14,16H,1-3H2,(H2,15,17,19);1-2H3. The van der Waals surface area contributed by atoms with Crippen molar-refractivity contribution in [2.45, 2.75) is 33.1 Å². The van der Waals surface area contributed by atoms with Crippen molar-refractivity contribution in [3.05, 3.63) is 28.4 Å². The van der Waals surface area contributed by atoms with E-state index in [0.29, 0.717) is 0 Å². The summed E-state index contributed by atoms with van der Waals surface area (Å²) in [4.78, 5) is 15.5. The van der Waals surface area contributed by atoms with E-state index in [1.807, 2.05) is 13.8 Å². The summed E-state index contributed by atoms with van der Waals surface area (Å²) >= 11 is 0. The van der Waals surface area contributed by atoms with Crippen LogP contribution in [0.4, 0.5) is 0 Å². The van der Waals surface area contributed by atoms with E-state index in [0.717, 1.165) is 43.1 Å². The van der Waals surface area contributed by atoms with Crippen molar-refractivity contribution < 1.29 is 4.79 Å². The fourth-order valence-corrected chi connectivity index (χ4v) is 2.20. The number of fused-ring (bicyclic) bond motifs is 1. The normalized spacial score (nSPS) is 13.0. The Labute approximate surface area is 123 Å². The van der Waals surface area contributed by atoms with Gasteiger partial charge in [0.2, 0.25) is 0 Å². The van der Waals surface area contributed by atoms with E-state index in [9.17, 15) is 4.79 Å². The number of rotatable bonds is 3. The lowest BCUT2D eigenvalue weighted by atomic mass is 10.1. The van der Waals surface area contributed by atoms with Crippen LogP contribution in [0.3, 0.4) is 0 Å². The summed E-state index contributed by atoms with van der Waals surface area (Å²) in [7, 11) is 0.